The van der Waals surface area contributed by atoms with E-state index in [1.165, 1.54) is 0 Å². The van der Waals surface area contributed by atoms with Crippen molar-refractivity contribution >= 4 is 21.8 Å². The minimum atomic E-state index is -0.0376. The molecule has 0 atom stereocenters. The molecular weight excluding hydrogens is 270 g/mol. The summed E-state index contributed by atoms with van der Waals surface area (Å²) in [6, 6.07) is 3.84. The second-order valence-corrected chi connectivity index (χ2v) is 5.03. The highest BCUT2D eigenvalue weighted by molar-refractivity contribution is 9.10. The molecule has 1 aromatic carbocycles. The van der Waals surface area contributed by atoms with E-state index in [1.807, 2.05) is 26.0 Å². The van der Waals surface area contributed by atoms with Gasteiger partial charge in [0.2, 0.25) is 0 Å². The molecule has 0 saturated carbocycles. The molecule has 0 saturated heterocycles. The Labute approximate surface area is 103 Å². The second kappa shape index (κ2) is 4.45. The molecular formula is C12H14BrNO2. The maximum atomic E-state index is 11.8. The topological polar surface area (TPSA) is 38.3 Å². The summed E-state index contributed by atoms with van der Waals surface area (Å²) in [7, 11) is 0. The summed E-state index contributed by atoms with van der Waals surface area (Å²) in [6.45, 7) is 4.60. The summed E-state index contributed by atoms with van der Waals surface area (Å²) >= 11 is 3.44. The van der Waals surface area contributed by atoms with Gasteiger partial charge in [-0.15, -0.1) is 0 Å². The fourth-order valence-corrected chi connectivity index (χ4v) is 2.32. The third-order valence-electron chi connectivity index (χ3n) is 2.42. The lowest BCUT2D eigenvalue weighted by atomic mass is 9.99. The van der Waals surface area contributed by atoms with Crippen molar-refractivity contribution in [2.75, 3.05) is 6.54 Å². The number of nitrogens with one attached hydrogen (secondary N) is 1. The summed E-state index contributed by atoms with van der Waals surface area (Å²) in [5.74, 6) is 0.626. The third-order valence-corrected chi connectivity index (χ3v) is 2.88. The highest BCUT2D eigenvalue weighted by Crippen LogP contribution is 2.30. The van der Waals surface area contributed by atoms with E-state index in [0.717, 1.165) is 16.5 Å². The van der Waals surface area contributed by atoms with E-state index in [4.69, 9.17) is 4.74 Å². The van der Waals surface area contributed by atoms with Gasteiger partial charge in [0, 0.05) is 11.0 Å². The van der Waals surface area contributed by atoms with Crippen LogP contribution in [-0.4, -0.2) is 18.6 Å². The van der Waals surface area contributed by atoms with Crippen molar-refractivity contribution in [1.29, 1.82) is 0 Å². The number of fused-ring (bicyclic) bond motifs is 1. The summed E-state index contributed by atoms with van der Waals surface area (Å²) in [4.78, 5) is 11.8. The molecule has 0 radical (unpaired) electrons. The number of hydrogen-bond donors (Lipinski definition) is 1. The number of rotatable bonds is 2. The van der Waals surface area contributed by atoms with Crippen LogP contribution in [0.25, 0.3) is 0 Å². The molecule has 0 unspecified atom stereocenters. The fraction of sp³-hybridized carbons (Fsp3) is 0.417. The molecule has 16 heavy (non-hydrogen) atoms. The van der Waals surface area contributed by atoms with Gasteiger partial charge < -0.3 is 10.1 Å². The molecule has 0 aliphatic carbocycles. The van der Waals surface area contributed by atoms with Gasteiger partial charge in [-0.05, 0) is 38.0 Å². The number of halogens is 1. The third kappa shape index (κ3) is 2.21. The van der Waals surface area contributed by atoms with E-state index >= 15 is 0 Å². The van der Waals surface area contributed by atoms with E-state index in [9.17, 15) is 4.79 Å². The summed E-state index contributed by atoms with van der Waals surface area (Å²) in [6.07, 6.45) is 0.919. The lowest BCUT2D eigenvalue weighted by molar-refractivity contribution is 0.0939. The van der Waals surface area contributed by atoms with Crippen LogP contribution in [0.5, 0.6) is 5.75 Å². The van der Waals surface area contributed by atoms with Crippen LogP contribution in [0.1, 0.15) is 29.8 Å². The van der Waals surface area contributed by atoms with Crippen molar-refractivity contribution < 1.29 is 9.53 Å². The van der Waals surface area contributed by atoms with Gasteiger partial charge in [0.15, 0.2) is 0 Å². The van der Waals surface area contributed by atoms with Gasteiger partial charge in [-0.1, -0.05) is 15.9 Å². The van der Waals surface area contributed by atoms with Gasteiger partial charge in [-0.2, -0.15) is 0 Å². The monoisotopic (exact) mass is 283 g/mol. The van der Waals surface area contributed by atoms with Crippen LogP contribution in [-0.2, 0) is 6.42 Å². The van der Waals surface area contributed by atoms with Gasteiger partial charge in [-0.3, -0.25) is 4.79 Å². The van der Waals surface area contributed by atoms with Crippen molar-refractivity contribution in [3.8, 4) is 5.75 Å². The standard InChI is InChI=1S/C12H14BrNO2/c1-7(2)16-10-6-9(13)5-8-3-4-14-12(15)11(8)10/h5-7H,3-4H2,1-2H3,(H,14,15). The predicted octanol–water partition coefficient (Wildman–Crippen LogP) is 2.52. The lowest BCUT2D eigenvalue weighted by Crippen LogP contribution is -2.32. The minimum absolute atomic E-state index is 0.0376. The lowest BCUT2D eigenvalue weighted by Gasteiger charge is -2.21. The first-order valence-corrected chi connectivity index (χ1v) is 6.14. The zero-order valence-electron chi connectivity index (χ0n) is 9.34. The number of amides is 1. The van der Waals surface area contributed by atoms with Crippen LogP contribution in [0.2, 0.25) is 0 Å². The largest absolute Gasteiger partial charge is 0.490 e. The number of ether oxygens (including phenoxy) is 1. The summed E-state index contributed by atoms with van der Waals surface area (Å²) in [5, 5.41) is 2.84. The first kappa shape index (κ1) is 11.5. The molecule has 1 aliphatic heterocycles. The highest BCUT2D eigenvalue weighted by atomic mass is 79.9. The maximum Gasteiger partial charge on any atom is 0.255 e. The minimum Gasteiger partial charge on any atom is -0.490 e. The van der Waals surface area contributed by atoms with Crippen molar-refractivity contribution in [2.24, 2.45) is 0 Å². The van der Waals surface area contributed by atoms with Gasteiger partial charge >= 0.3 is 0 Å². The molecule has 0 bridgehead atoms. The Kier molecular flexibility index (Phi) is 3.19. The fourth-order valence-electron chi connectivity index (χ4n) is 1.84. The average molecular weight is 284 g/mol. The SMILES string of the molecule is CC(C)Oc1cc(Br)cc2c1C(=O)NCC2. The molecule has 2 rings (SSSR count). The average Bonchev–Trinajstić information content (AvgIpc) is 2.15. The van der Waals surface area contributed by atoms with Crippen LogP contribution in [0.3, 0.4) is 0 Å². The summed E-state index contributed by atoms with van der Waals surface area (Å²) in [5.41, 5.74) is 1.73. The van der Waals surface area contributed by atoms with Gasteiger partial charge in [0.05, 0.1) is 11.7 Å². The predicted molar refractivity (Wildman–Crippen MR) is 65.9 cm³/mol. The Morgan fingerprint density at radius 3 is 2.88 bits per heavy atom. The Morgan fingerprint density at radius 2 is 2.19 bits per heavy atom. The van der Waals surface area contributed by atoms with E-state index in [2.05, 4.69) is 21.2 Å². The first-order valence-electron chi connectivity index (χ1n) is 5.35. The van der Waals surface area contributed by atoms with Crippen LogP contribution in [0, 0.1) is 0 Å². The Morgan fingerprint density at radius 1 is 1.44 bits per heavy atom. The molecule has 86 valence electrons. The van der Waals surface area contributed by atoms with Gasteiger partial charge in [0.1, 0.15) is 5.75 Å². The normalized spacial score (nSPS) is 14.6. The van der Waals surface area contributed by atoms with Crippen LogP contribution < -0.4 is 10.1 Å². The number of benzene rings is 1. The molecule has 0 fully saturated rings. The van der Waals surface area contributed by atoms with E-state index in [-0.39, 0.29) is 12.0 Å². The van der Waals surface area contributed by atoms with E-state index < -0.39 is 0 Å². The first-order chi connectivity index (χ1) is 7.58. The summed E-state index contributed by atoms with van der Waals surface area (Å²) < 4.78 is 6.63. The Bertz CT molecular complexity index is 429. The van der Waals surface area contributed by atoms with E-state index in [0.29, 0.717) is 17.9 Å². The Hall–Kier alpha value is -1.03. The van der Waals surface area contributed by atoms with Gasteiger partial charge in [0.25, 0.3) is 5.91 Å². The molecule has 1 aromatic rings. The van der Waals surface area contributed by atoms with E-state index in [1.54, 1.807) is 0 Å². The molecule has 1 aliphatic rings. The molecule has 1 N–H and O–H groups in total. The number of carbonyl (C=O) groups excluding carboxylic acids is 1. The van der Waals surface area contributed by atoms with Crippen molar-refractivity contribution in [1.82, 2.24) is 5.32 Å². The molecule has 3 nitrogen and oxygen atoms in total. The van der Waals surface area contributed by atoms with Crippen molar-refractivity contribution in [2.45, 2.75) is 26.4 Å². The molecule has 0 spiro atoms. The van der Waals surface area contributed by atoms with Crippen LogP contribution in [0.4, 0.5) is 0 Å². The second-order valence-electron chi connectivity index (χ2n) is 4.11. The molecule has 1 heterocycles. The zero-order chi connectivity index (χ0) is 11.7. The quantitative estimate of drug-likeness (QED) is 0.906. The number of hydrogen-bond acceptors (Lipinski definition) is 2. The van der Waals surface area contributed by atoms with Gasteiger partial charge in [-0.25, -0.2) is 0 Å². The van der Waals surface area contributed by atoms with Crippen molar-refractivity contribution in [3.63, 3.8) is 0 Å². The highest BCUT2D eigenvalue weighted by Gasteiger charge is 2.22. The molecule has 0 aromatic heterocycles. The maximum absolute atomic E-state index is 11.8. The zero-order valence-corrected chi connectivity index (χ0v) is 10.9. The molecule has 1 amide bonds. The van der Waals surface area contributed by atoms with Crippen LogP contribution >= 0.6 is 15.9 Å². The van der Waals surface area contributed by atoms with Crippen LogP contribution in [0.15, 0.2) is 16.6 Å². The number of carbonyl (C=O) groups is 1. The Balaban J connectivity index is 2.50. The van der Waals surface area contributed by atoms with Crippen molar-refractivity contribution in [3.05, 3.63) is 27.7 Å². The smallest absolute Gasteiger partial charge is 0.255 e. The molecule has 4 heteroatoms.